The number of hydrogen-bond donors (Lipinski definition) is 0. The molecule has 64 valence electrons. The molecule has 1 aliphatic heterocycles. The zero-order chi connectivity index (χ0) is 8.10. The molecule has 1 aliphatic rings. The summed E-state index contributed by atoms with van der Waals surface area (Å²) in [7, 11) is 0. The van der Waals surface area contributed by atoms with Gasteiger partial charge in [-0.1, -0.05) is 0 Å². The molecular formula is C8H10NiO2. The molecule has 1 heterocycles. The maximum absolute atomic E-state index is 5.24. The Balaban J connectivity index is 2.60. The van der Waals surface area contributed by atoms with Crippen molar-refractivity contribution >= 4 is 4.99 Å². The molecule has 0 aromatic heterocycles. The van der Waals surface area contributed by atoms with E-state index < -0.39 is 0 Å². The van der Waals surface area contributed by atoms with E-state index in [0.717, 1.165) is 5.57 Å². The van der Waals surface area contributed by atoms with Crippen LogP contribution in [0.25, 0.3) is 0 Å². The van der Waals surface area contributed by atoms with Gasteiger partial charge in [0.25, 0.3) is 0 Å². The second-order valence-corrected chi connectivity index (χ2v) is 2.38. The fourth-order valence-electron chi connectivity index (χ4n) is 0.855. The summed E-state index contributed by atoms with van der Waals surface area (Å²) in [6, 6.07) is 0. The third kappa shape index (κ3) is 2.37. The maximum atomic E-state index is 5.24. The van der Waals surface area contributed by atoms with Gasteiger partial charge in [-0.25, -0.2) is 0 Å². The summed E-state index contributed by atoms with van der Waals surface area (Å²) < 4.78 is 10.5. The van der Waals surface area contributed by atoms with Crippen LogP contribution in [0.15, 0.2) is 24.3 Å². The number of hydrogen-bond acceptors (Lipinski definition) is 2. The molecule has 0 aromatic rings. The van der Waals surface area contributed by atoms with Gasteiger partial charge in [0, 0.05) is 0 Å². The van der Waals surface area contributed by atoms with Crippen LogP contribution >= 0.6 is 0 Å². The van der Waals surface area contributed by atoms with Gasteiger partial charge in [0.2, 0.25) is 0 Å². The third-order valence-electron chi connectivity index (χ3n) is 1.37. The first-order valence-electron chi connectivity index (χ1n) is 3.34. The summed E-state index contributed by atoms with van der Waals surface area (Å²) >= 11 is 4.40. The van der Waals surface area contributed by atoms with Crippen LogP contribution in [-0.4, -0.2) is 24.5 Å². The molecule has 0 N–H and O–H groups in total. The van der Waals surface area contributed by atoms with Crippen molar-refractivity contribution in [2.75, 3.05) is 13.2 Å². The first-order valence-corrected chi connectivity index (χ1v) is 3.91. The van der Waals surface area contributed by atoms with Crippen LogP contribution in [0.2, 0.25) is 0 Å². The summed E-state index contributed by atoms with van der Waals surface area (Å²) in [5, 5.41) is 0. The Labute approximate surface area is 73.8 Å². The van der Waals surface area contributed by atoms with Gasteiger partial charge in [-0.05, 0) is 0 Å². The van der Waals surface area contributed by atoms with E-state index in [9.17, 15) is 0 Å². The number of ether oxygens (including phenoxy) is 2. The zero-order valence-corrected chi connectivity index (χ0v) is 7.05. The van der Waals surface area contributed by atoms with E-state index in [1.165, 1.54) is 0 Å². The summed E-state index contributed by atoms with van der Waals surface area (Å²) in [6.45, 7) is 4.93. The van der Waals surface area contributed by atoms with E-state index in [0.29, 0.717) is 13.2 Å². The van der Waals surface area contributed by atoms with Crippen LogP contribution < -0.4 is 0 Å². The van der Waals surface area contributed by atoms with Crippen LogP contribution in [0, 0.1) is 0 Å². The van der Waals surface area contributed by atoms with E-state index in [2.05, 4.69) is 21.6 Å². The van der Waals surface area contributed by atoms with Gasteiger partial charge in [0.1, 0.15) is 0 Å². The SMILES string of the molecule is C=C/C(=C\[CH]=[Ni])C1OCCO1. The van der Waals surface area contributed by atoms with Crippen molar-refractivity contribution in [3.63, 3.8) is 0 Å². The standard InChI is InChI=1S/C8H10O2.Ni/c1-3-7(4-2)8-9-5-6-10-8;/h1,3-4,8H,2,5-6H2;/b7-3+;. The van der Waals surface area contributed by atoms with Gasteiger partial charge in [-0.2, -0.15) is 0 Å². The third-order valence-corrected chi connectivity index (χ3v) is 1.54. The number of rotatable bonds is 3. The molecule has 11 heavy (non-hydrogen) atoms. The Hall–Kier alpha value is -0.236. The van der Waals surface area contributed by atoms with Gasteiger partial charge in [-0.15, -0.1) is 0 Å². The van der Waals surface area contributed by atoms with Crippen molar-refractivity contribution in [3.05, 3.63) is 24.3 Å². The average molecular weight is 197 g/mol. The summed E-state index contributed by atoms with van der Waals surface area (Å²) in [5.74, 6) is 0. The van der Waals surface area contributed by atoms with Crippen LogP contribution in [0.3, 0.4) is 0 Å². The fraction of sp³-hybridized carbons (Fsp3) is 0.375. The minimum absolute atomic E-state index is 0.251. The molecule has 0 saturated carbocycles. The molecule has 1 fully saturated rings. The predicted octanol–water partition coefficient (Wildman–Crippen LogP) is 0.821. The molecule has 0 bridgehead atoms. The van der Waals surface area contributed by atoms with E-state index in [4.69, 9.17) is 9.47 Å². The van der Waals surface area contributed by atoms with Crippen LogP contribution in [0.1, 0.15) is 0 Å². The molecule has 0 aromatic carbocycles. The predicted molar refractivity (Wildman–Crippen MR) is 40.0 cm³/mol. The van der Waals surface area contributed by atoms with Crippen LogP contribution in [0.5, 0.6) is 0 Å². The Bertz CT molecular complexity index is 181. The summed E-state index contributed by atoms with van der Waals surface area (Å²) in [4.78, 5) is 1.57. The molecule has 0 atom stereocenters. The Morgan fingerprint density at radius 2 is 2.09 bits per heavy atom. The van der Waals surface area contributed by atoms with Crippen molar-refractivity contribution in [2.24, 2.45) is 0 Å². The monoisotopic (exact) mass is 196 g/mol. The molecule has 3 heteroatoms. The van der Waals surface area contributed by atoms with Crippen LogP contribution in [-0.2, 0) is 24.5 Å². The van der Waals surface area contributed by atoms with E-state index in [1.807, 2.05) is 0 Å². The Kier molecular flexibility index (Phi) is 3.71. The quantitative estimate of drug-likeness (QED) is 0.492. The van der Waals surface area contributed by atoms with Gasteiger partial charge >= 0.3 is 73.3 Å². The normalized spacial score (nSPS) is 20.4. The zero-order valence-electron chi connectivity index (χ0n) is 6.06. The molecule has 0 unspecified atom stereocenters. The van der Waals surface area contributed by atoms with Crippen molar-refractivity contribution in [3.8, 4) is 0 Å². The van der Waals surface area contributed by atoms with Crippen molar-refractivity contribution < 1.29 is 24.5 Å². The molecule has 0 aliphatic carbocycles. The van der Waals surface area contributed by atoms with Gasteiger partial charge in [0.05, 0.1) is 0 Å². The topological polar surface area (TPSA) is 18.5 Å². The molecule has 0 amide bonds. The van der Waals surface area contributed by atoms with Crippen LogP contribution in [0.4, 0.5) is 0 Å². The molecule has 2 nitrogen and oxygen atoms in total. The molecule has 0 spiro atoms. The van der Waals surface area contributed by atoms with E-state index in [1.54, 1.807) is 17.1 Å². The first kappa shape index (κ1) is 8.86. The summed E-state index contributed by atoms with van der Waals surface area (Å²) in [5.41, 5.74) is 0.897. The molecule has 1 saturated heterocycles. The van der Waals surface area contributed by atoms with Crippen molar-refractivity contribution in [2.45, 2.75) is 6.29 Å². The molecular weight excluding hydrogens is 187 g/mol. The van der Waals surface area contributed by atoms with Crippen molar-refractivity contribution in [1.29, 1.82) is 0 Å². The molecule has 0 radical (unpaired) electrons. The average Bonchev–Trinajstić information content (AvgIpc) is 2.52. The Morgan fingerprint density at radius 3 is 2.55 bits per heavy atom. The minimum atomic E-state index is -0.251. The first-order chi connectivity index (χ1) is 5.38. The van der Waals surface area contributed by atoms with E-state index in [-0.39, 0.29) is 6.29 Å². The van der Waals surface area contributed by atoms with Gasteiger partial charge in [-0.3, -0.25) is 0 Å². The van der Waals surface area contributed by atoms with E-state index >= 15 is 0 Å². The van der Waals surface area contributed by atoms with Crippen molar-refractivity contribution in [1.82, 2.24) is 0 Å². The second kappa shape index (κ2) is 4.60. The fourth-order valence-corrected chi connectivity index (χ4v) is 1.04. The second-order valence-electron chi connectivity index (χ2n) is 2.05. The molecule has 1 rings (SSSR count). The summed E-state index contributed by atoms with van der Waals surface area (Å²) in [6.07, 6.45) is 3.23. The Morgan fingerprint density at radius 1 is 1.45 bits per heavy atom. The number of allylic oxidation sites excluding steroid dienone is 1. The van der Waals surface area contributed by atoms with Gasteiger partial charge < -0.3 is 0 Å². The van der Waals surface area contributed by atoms with Gasteiger partial charge in [0.15, 0.2) is 0 Å².